The standard InChI is InChI=1S/C15H21BN2O3/c1-20-16-18-6-2-3-12(9-18)7-11-4-5-14-13(8-11)17-15(19)10-21-14/h4-5,8,12,16H,2-3,6-7,9-10H2,1H3,(H,17,19). The van der Waals surface area contributed by atoms with Crippen molar-refractivity contribution in [2.75, 3.05) is 32.1 Å². The molecule has 0 bridgehead atoms. The predicted octanol–water partition coefficient (Wildman–Crippen LogP) is 1.18. The highest BCUT2D eigenvalue weighted by molar-refractivity contribution is 6.23. The summed E-state index contributed by atoms with van der Waals surface area (Å²) in [6.45, 7) is 2.31. The Morgan fingerprint density at radius 1 is 1.52 bits per heavy atom. The lowest BCUT2D eigenvalue weighted by Gasteiger charge is -2.32. The maximum absolute atomic E-state index is 11.4. The van der Waals surface area contributed by atoms with Crippen molar-refractivity contribution in [1.29, 1.82) is 0 Å². The third-order valence-electron chi connectivity index (χ3n) is 4.12. The maximum atomic E-state index is 11.4. The topological polar surface area (TPSA) is 50.8 Å². The molecule has 112 valence electrons. The summed E-state index contributed by atoms with van der Waals surface area (Å²) in [6, 6.07) is 6.10. The van der Waals surface area contributed by atoms with Crippen LogP contribution in [0.1, 0.15) is 18.4 Å². The average Bonchev–Trinajstić information content (AvgIpc) is 2.47. The van der Waals surface area contributed by atoms with E-state index in [1.54, 1.807) is 7.11 Å². The minimum absolute atomic E-state index is 0.0800. The molecule has 2 aliphatic heterocycles. The van der Waals surface area contributed by atoms with Crippen LogP contribution in [0.3, 0.4) is 0 Å². The zero-order valence-electron chi connectivity index (χ0n) is 12.4. The van der Waals surface area contributed by atoms with Crippen molar-refractivity contribution in [1.82, 2.24) is 4.81 Å². The number of ether oxygens (including phenoxy) is 1. The molecule has 0 saturated carbocycles. The van der Waals surface area contributed by atoms with E-state index in [0.717, 1.165) is 30.9 Å². The molecule has 0 radical (unpaired) electrons. The number of nitrogens with one attached hydrogen (secondary N) is 1. The fourth-order valence-corrected chi connectivity index (χ4v) is 3.21. The Morgan fingerprint density at radius 2 is 2.43 bits per heavy atom. The Labute approximate surface area is 125 Å². The molecule has 2 heterocycles. The van der Waals surface area contributed by atoms with Crippen molar-refractivity contribution in [2.45, 2.75) is 19.3 Å². The van der Waals surface area contributed by atoms with Gasteiger partial charge in [0.05, 0.1) is 5.69 Å². The van der Waals surface area contributed by atoms with Gasteiger partial charge in [-0.3, -0.25) is 4.79 Å². The van der Waals surface area contributed by atoms with E-state index >= 15 is 0 Å². The second-order valence-electron chi connectivity index (χ2n) is 5.87. The lowest BCUT2D eigenvalue weighted by molar-refractivity contribution is -0.118. The summed E-state index contributed by atoms with van der Waals surface area (Å²) < 4.78 is 10.6. The SMILES string of the molecule is COBN1CCCC(Cc2ccc3c(c2)NC(=O)CO3)C1. The number of carbonyl (C=O) groups is 1. The minimum Gasteiger partial charge on any atom is -0.482 e. The van der Waals surface area contributed by atoms with E-state index in [9.17, 15) is 4.79 Å². The summed E-state index contributed by atoms with van der Waals surface area (Å²) in [5.41, 5.74) is 2.05. The van der Waals surface area contributed by atoms with Gasteiger partial charge in [-0.1, -0.05) is 6.07 Å². The normalized spacial score (nSPS) is 22.1. The highest BCUT2D eigenvalue weighted by Crippen LogP contribution is 2.30. The Morgan fingerprint density at radius 3 is 3.29 bits per heavy atom. The fraction of sp³-hybridized carbons (Fsp3) is 0.533. The summed E-state index contributed by atoms with van der Waals surface area (Å²) in [6.07, 6.45) is 3.50. The van der Waals surface area contributed by atoms with Crippen LogP contribution in [0.15, 0.2) is 18.2 Å². The molecule has 0 aliphatic carbocycles. The van der Waals surface area contributed by atoms with Crippen LogP contribution in [-0.4, -0.2) is 45.1 Å². The number of hydrogen-bond acceptors (Lipinski definition) is 4. The van der Waals surface area contributed by atoms with E-state index in [4.69, 9.17) is 9.39 Å². The van der Waals surface area contributed by atoms with Gasteiger partial charge >= 0.3 is 7.62 Å². The van der Waals surface area contributed by atoms with E-state index in [1.807, 2.05) is 12.1 Å². The number of anilines is 1. The van der Waals surface area contributed by atoms with Gasteiger partial charge in [-0.2, -0.15) is 0 Å². The number of nitrogens with zero attached hydrogens (tertiary/aromatic N) is 1. The molecule has 2 aliphatic rings. The van der Waals surface area contributed by atoms with E-state index in [2.05, 4.69) is 16.2 Å². The van der Waals surface area contributed by atoms with E-state index in [1.165, 1.54) is 18.4 Å². The lowest BCUT2D eigenvalue weighted by atomic mass is 9.89. The van der Waals surface area contributed by atoms with Crippen LogP contribution in [0.5, 0.6) is 5.75 Å². The van der Waals surface area contributed by atoms with Crippen molar-refractivity contribution >= 4 is 19.2 Å². The zero-order valence-corrected chi connectivity index (χ0v) is 12.4. The van der Waals surface area contributed by atoms with Crippen LogP contribution in [0.4, 0.5) is 5.69 Å². The summed E-state index contributed by atoms with van der Waals surface area (Å²) in [5, 5.41) is 2.87. The van der Waals surface area contributed by atoms with Gasteiger partial charge in [0.1, 0.15) is 5.75 Å². The number of amides is 1. The van der Waals surface area contributed by atoms with Crippen molar-refractivity contribution in [3.05, 3.63) is 23.8 Å². The Bertz CT molecular complexity index is 522. The van der Waals surface area contributed by atoms with E-state index in [-0.39, 0.29) is 12.5 Å². The molecule has 0 aromatic heterocycles. The van der Waals surface area contributed by atoms with E-state index < -0.39 is 0 Å². The van der Waals surface area contributed by atoms with E-state index in [0.29, 0.717) is 13.5 Å². The lowest BCUT2D eigenvalue weighted by Crippen LogP contribution is -2.39. The average molecular weight is 288 g/mol. The van der Waals surface area contributed by atoms with Gasteiger partial charge in [0.2, 0.25) is 0 Å². The molecule has 6 heteroatoms. The summed E-state index contributed by atoms with van der Waals surface area (Å²) in [7, 11) is 2.46. The number of hydrogen-bond donors (Lipinski definition) is 1. The molecule has 3 rings (SSSR count). The van der Waals surface area contributed by atoms with Crippen LogP contribution >= 0.6 is 0 Å². The first kappa shape index (κ1) is 14.4. The summed E-state index contributed by atoms with van der Waals surface area (Å²) >= 11 is 0. The molecule has 1 aromatic rings. The molecule has 21 heavy (non-hydrogen) atoms. The second kappa shape index (κ2) is 6.49. The van der Waals surface area contributed by atoms with Gasteiger partial charge in [-0.05, 0) is 56.0 Å². The van der Waals surface area contributed by atoms with Gasteiger partial charge < -0.3 is 19.5 Å². The molecule has 1 fully saturated rings. The highest BCUT2D eigenvalue weighted by atomic mass is 16.5. The Kier molecular flexibility index (Phi) is 4.46. The van der Waals surface area contributed by atoms with Crippen LogP contribution in [-0.2, 0) is 15.9 Å². The molecule has 0 spiro atoms. The third kappa shape index (κ3) is 3.57. The molecular weight excluding hydrogens is 267 g/mol. The Hall–Kier alpha value is -1.53. The molecule has 1 amide bonds. The molecule has 1 N–H and O–H groups in total. The van der Waals surface area contributed by atoms with Crippen LogP contribution in [0.2, 0.25) is 0 Å². The molecule has 1 unspecified atom stereocenters. The first-order chi connectivity index (χ1) is 10.2. The van der Waals surface area contributed by atoms with Crippen molar-refractivity contribution in [3.63, 3.8) is 0 Å². The van der Waals surface area contributed by atoms with Gasteiger partial charge in [-0.15, -0.1) is 0 Å². The van der Waals surface area contributed by atoms with Crippen LogP contribution < -0.4 is 10.1 Å². The molecule has 1 saturated heterocycles. The summed E-state index contributed by atoms with van der Waals surface area (Å²) in [4.78, 5) is 13.7. The Balaban J connectivity index is 1.65. The second-order valence-corrected chi connectivity index (χ2v) is 5.87. The van der Waals surface area contributed by atoms with Gasteiger partial charge in [0, 0.05) is 7.11 Å². The van der Waals surface area contributed by atoms with Crippen LogP contribution in [0.25, 0.3) is 0 Å². The van der Waals surface area contributed by atoms with Crippen molar-refractivity contribution < 1.29 is 14.2 Å². The molecular formula is C15H21BN2O3. The fourth-order valence-electron chi connectivity index (χ4n) is 3.21. The molecule has 5 nitrogen and oxygen atoms in total. The largest absolute Gasteiger partial charge is 0.482 e. The summed E-state index contributed by atoms with van der Waals surface area (Å²) in [5.74, 6) is 1.33. The third-order valence-corrected chi connectivity index (χ3v) is 4.12. The smallest absolute Gasteiger partial charge is 0.363 e. The van der Waals surface area contributed by atoms with Gasteiger partial charge in [0.15, 0.2) is 6.61 Å². The maximum Gasteiger partial charge on any atom is 0.363 e. The van der Waals surface area contributed by atoms with Crippen molar-refractivity contribution in [3.8, 4) is 5.75 Å². The zero-order chi connectivity index (χ0) is 14.7. The molecule has 1 aromatic carbocycles. The number of carbonyl (C=O) groups excluding carboxylic acids is 1. The number of benzene rings is 1. The number of fused-ring (bicyclic) bond motifs is 1. The predicted molar refractivity (Wildman–Crippen MR) is 82.7 cm³/mol. The first-order valence-corrected chi connectivity index (χ1v) is 7.51. The number of piperidine rings is 1. The van der Waals surface area contributed by atoms with Crippen molar-refractivity contribution in [2.24, 2.45) is 5.92 Å². The highest BCUT2D eigenvalue weighted by Gasteiger charge is 2.22. The monoisotopic (exact) mass is 288 g/mol. The van der Waals surface area contributed by atoms with Gasteiger partial charge in [-0.25, -0.2) is 0 Å². The van der Waals surface area contributed by atoms with Crippen LogP contribution in [0, 0.1) is 5.92 Å². The minimum atomic E-state index is -0.0800. The number of rotatable bonds is 4. The first-order valence-electron chi connectivity index (χ1n) is 7.51. The molecule has 1 atom stereocenters. The van der Waals surface area contributed by atoms with Gasteiger partial charge in [0.25, 0.3) is 5.91 Å². The quantitative estimate of drug-likeness (QED) is 0.845.